The number of ether oxygens (including phenoxy) is 1. The maximum atomic E-state index is 12.5. The van der Waals surface area contributed by atoms with Gasteiger partial charge in [0.2, 0.25) is 0 Å². The zero-order chi connectivity index (χ0) is 15.2. The molecule has 0 bridgehead atoms. The predicted molar refractivity (Wildman–Crippen MR) is 82.4 cm³/mol. The summed E-state index contributed by atoms with van der Waals surface area (Å²) >= 11 is 1.47. The van der Waals surface area contributed by atoms with Crippen molar-refractivity contribution >= 4 is 33.4 Å². The predicted octanol–water partition coefficient (Wildman–Crippen LogP) is 2.49. The molecule has 0 aliphatic heterocycles. The van der Waals surface area contributed by atoms with Crippen molar-refractivity contribution in [3.05, 3.63) is 41.9 Å². The summed E-state index contributed by atoms with van der Waals surface area (Å²) in [4.78, 5) is 29.7. The first kappa shape index (κ1) is 15.2. The minimum absolute atomic E-state index is 0.0839. The summed E-state index contributed by atoms with van der Waals surface area (Å²) in [6, 6.07) is 5.30. The number of esters is 1. The van der Waals surface area contributed by atoms with Crippen molar-refractivity contribution in [3.63, 3.8) is 0 Å². The van der Waals surface area contributed by atoms with Crippen LogP contribution in [0.5, 0.6) is 0 Å². The third-order valence-corrected chi connectivity index (χ3v) is 3.63. The van der Waals surface area contributed by atoms with E-state index in [9.17, 15) is 9.59 Å². The van der Waals surface area contributed by atoms with Crippen LogP contribution in [-0.2, 0) is 9.53 Å². The average Bonchev–Trinajstić information content (AvgIpc) is 2.93. The molecule has 110 valence electrons. The van der Waals surface area contributed by atoms with Crippen molar-refractivity contribution in [3.8, 4) is 0 Å². The molecule has 0 unspecified atom stereocenters. The van der Waals surface area contributed by atoms with Crippen molar-refractivity contribution in [1.29, 1.82) is 0 Å². The Balaban J connectivity index is 2.19. The Labute approximate surface area is 126 Å². The van der Waals surface area contributed by atoms with Crippen molar-refractivity contribution in [2.24, 2.45) is 0 Å². The minimum Gasteiger partial charge on any atom is -0.465 e. The van der Waals surface area contributed by atoms with Gasteiger partial charge in [-0.25, -0.2) is 4.98 Å². The van der Waals surface area contributed by atoms with Crippen LogP contribution in [0.25, 0.3) is 10.2 Å². The number of aromatic nitrogens is 1. The standard InChI is InChI=1S/C15H16N2O3S/c1-3-7-17(9-14(18)20-4-2)15(19)11-5-6-12-13(8-11)21-10-16-12/h3,5-6,8,10H,1,4,7,9H2,2H3. The van der Waals surface area contributed by atoms with E-state index in [-0.39, 0.29) is 12.5 Å². The molecule has 0 fully saturated rings. The minimum atomic E-state index is -0.424. The quantitative estimate of drug-likeness (QED) is 0.607. The normalized spacial score (nSPS) is 10.3. The lowest BCUT2D eigenvalue weighted by Gasteiger charge is -2.20. The Morgan fingerprint density at radius 1 is 1.48 bits per heavy atom. The first-order valence-corrected chi connectivity index (χ1v) is 7.42. The molecule has 6 heteroatoms. The van der Waals surface area contributed by atoms with E-state index in [1.165, 1.54) is 16.2 Å². The number of carbonyl (C=O) groups excluding carboxylic acids is 2. The fourth-order valence-corrected chi connectivity index (χ4v) is 2.62. The van der Waals surface area contributed by atoms with Crippen molar-refractivity contribution in [2.75, 3.05) is 19.7 Å². The van der Waals surface area contributed by atoms with Crippen molar-refractivity contribution < 1.29 is 14.3 Å². The van der Waals surface area contributed by atoms with E-state index in [2.05, 4.69) is 11.6 Å². The summed E-state index contributed by atoms with van der Waals surface area (Å²) in [6.45, 7) is 5.85. The number of rotatable bonds is 6. The molecular formula is C15H16N2O3S. The monoisotopic (exact) mass is 304 g/mol. The van der Waals surface area contributed by atoms with E-state index in [0.717, 1.165) is 10.2 Å². The van der Waals surface area contributed by atoms with Gasteiger partial charge in [-0.3, -0.25) is 9.59 Å². The van der Waals surface area contributed by atoms with Crippen LogP contribution in [0, 0.1) is 0 Å². The second kappa shape index (κ2) is 6.99. The van der Waals surface area contributed by atoms with Crippen molar-refractivity contribution in [1.82, 2.24) is 9.88 Å². The molecule has 0 saturated carbocycles. The van der Waals surface area contributed by atoms with E-state index in [1.807, 2.05) is 0 Å². The number of thiazole rings is 1. The van der Waals surface area contributed by atoms with E-state index in [4.69, 9.17) is 4.74 Å². The van der Waals surface area contributed by atoms with Gasteiger partial charge in [0.05, 0.1) is 22.3 Å². The smallest absolute Gasteiger partial charge is 0.325 e. The van der Waals surface area contributed by atoms with Gasteiger partial charge in [0.1, 0.15) is 6.54 Å². The van der Waals surface area contributed by atoms with Gasteiger partial charge < -0.3 is 9.64 Å². The molecule has 0 spiro atoms. The molecule has 21 heavy (non-hydrogen) atoms. The summed E-state index contributed by atoms with van der Waals surface area (Å²) in [7, 11) is 0. The molecule has 0 saturated heterocycles. The Hall–Kier alpha value is -2.21. The highest BCUT2D eigenvalue weighted by molar-refractivity contribution is 7.16. The molecule has 0 atom stereocenters. The fraction of sp³-hybridized carbons (Fsp3) is 0.267. The number of amides is 1. The molecule has 0 aliphatic rings. The second-order valence-electron chi connectivity index (χ2n) is 4.31. The van der Waals surface area contributed by atoms with Gasteiger partial charge in [0.25, 0.3) is 5.91 Å². The summed E-state index contributed by atoms with van der Waals surface area (Å²) < 4.78 is 5.83. The van der Waals surface area contributed by atoms with E-state index >= 15 is 0 Å². The highest BCUT2D eigenvalue weighted by Crippen LogP contribution is 2.20. The molecule has 1 amide bonds. The van der Waals surface area contributed by atoms with Gasteiger partial charge in [-0.15, -0.1) is 17.9 Å². The maximum absolute atomic E-state index is 12.5. The zero-order valence-electron chi connectivity index (χ0n) is 11.7. The Morgan fingerprint density at radius 2 is 2.29 bits per heavy atom. The van der Waals surface area contributed by atoms with Crippen LogP contribution in [0.4, 0.5) is 0 Å². The summed E-state index contributed by atoms with van der Waals surface area (Å²) in [6.07, 6.45) is 1.59. The molecule has 1 heterocycles. The van der Waals surface area contributed by atoms with Gasteiger partial charge in [-0.1, -0.05) is 6.08 Å². The first-order valence-electron chi connectivity index (χ1n) is 6.54. The third kappa shape index (κ3) is 3.66. The lowest BCUT2D eigenvalue weighted by Crippen LogP contribution is -2.36. The molecule has 2 aromatic rings. The number of carbonyl (C=O) groups is 2. The van der Waals surface area contributed by atoms with E-state index in [1.54, 1.807) is 36.7 Å². The Kier molecular flexibility index (Phi) is 5.05. The SMILES string of the molecule is C=CCN(CC(=O)OCC)C(=O)c1ccc2ncsc2c1. The molecule has 0 aliphatic carbocycles. The van der Waals surface area contributed by atoms with Crippen LogP contribution in [0.2, 0.25) is 0 Å². The van der Waals surface area contributed by atoms with Crippen LogP contribution < -0.4 is 0 Å². The number of hydrogen-bond donors (Lipinski definition) is 0. The Bertz CT molecular complexity index is 666. The zero-order valence-corrected chi connectivity index (χ0v) is 12.6. The first-order chi connectivity index (χ1) is 10.2. The topological polar surface area (TPSA) is 59.5 Å². The number of benzene rings is 1. The second-order valence-corrected chi connectivity index (χ2v) is 5.20. The lowest BCUT2D eigenvalue weighted by atomic mass is 10.2. The van der Waals surface area contributed by atoms with Gasteiger partial charge in [0.15, 0.2) is 0 Å². The van der Waals surface area contributed by atoms with Crippen LogP contribution in [-0.4, -0.2) is 41.5 Å². The van der Waals surface area contributed by atoms with Gasteiger partial charge >= 0.3 is 5.97 Å². The van der Waals surface area contributed by atoms with Crippen LogP contribution in [0.1, 0.15) is 17.3 Å². The number of fused-ring (bicyclic) bond motifs is 1. The number of hydrogen-bond acceptors (Lipinski definition) is 5. The fourth-order valence-electron chi connectivity index (χ4n) is 1.91. The summed E-state index contributed by atoms with van der Waals surface area (Å²) in [5.41, 5.74) is 3.12. The van der Waals surface area contributed by atoms with Crippen LogP contribution in [0.3, 0.4) is 0 Å². The molecule has 0 radical (unpaired) electrons. The highest BCUT2D eigenvalue weighted by atomic mass is 32.1. The molecule has 0 N–H and O–H groups in total. The lowest BCUT2D eigenvalue weighted by molar-refractivity contribution is -0.143. The van der Waals surface area contributed by atoms with E-state index < -0.39 is 5.97 Å². The molecular weight excluding hydrogens is 288 g/mol. The van der Waals surface area contributed by atoms with Crippen LogP contribution in [0.15, 0.2) is 36.4 Å². The molecule has 2 rings (SSSR count). The maximum Gasteiger partial charge on any atom is 0.325 e. The third-order valence-electron chi connectivity index (χ3n) is 2.84. The van der Waals surface area contributed by atoms with Gasteiger partial charge in [0, 0.05) is 12.1 Å². The summed E-state index contributed by atoms with van der Waals surface area (Å²) in [5, 5.41) is 0. The molecule has 1 aromatic heterocycles. The van der Waals surface area contributed by atoms with Crippen molar-refractivity contribution in [2.45, 2.75) is 6.92 Å². The summed E-state index contributed by atoms with van der Waals surface area (Å²) in [5.74, 6) is -0.648. The largest absolute Gasteiger partial charge is 0.465 e. The highest BCUT2D eigenvalue weighted by Gasteiger charge is 2.19. The van der Waals surface area contributed by atoms with Gasteiger partial charge in [-0.05, 0) is 25.1 Å². The number of nitrogens with zero attached hydrogens (tertiary/aromatic N) is 2. The van der Waals surface area contributed by atoms with Crippen LogP contribution >= 0.6 is 11.3 Å². The molecule has 5 nitrogen and oxygen atoms in total. The average molecular weight is 304 g/mol. The van der Waals surface area contributed by atoms with Gasteiger partial charge in [-0.2, -0.15) is 0 Å². The molecule has 1 aromatic carbocycles. The Morgan fingerprint density at radius 3 is 3.00 bits per heavy atom. The van der Waals surface area contributed by atoms with E-state index in [0.29, 0.717) is 18.7 Å².